The Hall–Kier alpha value is -2.66. The third kappa shape index (κ3) is 6.87. The molecule has 0 radical (unpaired) electrons. The Balaban J connectivity index is 2.06. The zero-order chi connectivity index (χ0) is 19.6. The molecule has 0 heterocycles. The second-order valence-corrected chi connectivity index (χ2v) is 6.85. The van der Waals surface area contributed by atoms with Crippen molar-refractivity contribution in [2.24, 2.45) is 0 Å². The van der Waals surface area contributed by atoms with E-state index < -0.39 is 0 Å². The fourth-order valence-corrected chi connectivity index (χ4v) is 2.91. The third-order valence-electron chi connectivity index (χ3n) is 4.20. The number of carbonyl (C=O) groups excluding carboxylic acids is 2. The Morgan fingerprint density at radius 3 is 1.67 bits per heavy atom. The molecule has 27 heavy (non-hydrogen) atoms. The summed E-state index contributed by atoms with van der Waals surface area (Å²) in [4.78, 5) is 26.5. The van der Waals surface area contributed by atoms with Gasteiger partial charge in [-0.05, 0) is 31.5 Å². The Morgan fingerprint density at radius 1 is 0.815 bits per heavy atom. The van der Waals surface area contributed by atoms with Gasteiger partial charge in [0.05, 0.1) is 19.1 Å². The summed E-state index contributed by atoms with van der Waals surface area (Å²) in [6.45, 7) is 6.81. The van der Waals surface area contributed by atoms with Gasteiger partial charge < -0.3 is 10.6 Å². The summed E-state index contributed by atoms with van der Waals surface area (Å²) in [5.74, 6) is -0.172. The fraction of sp³-hybridized carbons (Fsp3) is 0.364. The van der Waals surface area contributed by atoms with E-state index in [9.17, 15) is 9.59 Å². The molecule has 144 valence electrons. The lowest BCUT2D eigenvalue weighted by molar-refractivity contribution is -0.125. The Bertz CT molecular complexity index is 677. The molecule has 2 rings (SSSR count). The molecule has 5 nitrogen and oxygen atoms in total. The molecule has 0 unspecified atom stereocenters. The van der Waals surface area contributed by atoms with E-state index in [-0.39, 0.29) is 37.0 Å². The standard InChI is InChI=1S/C22H29N3O2/c1-4-25(15-20(26)23-17(2)3)16-21(27)24-22(18-11-7-5-8-12-18)19-13-9-6-10-14-19/h5-14,17,22H,4,15-16H2,1-3H3,(H,23,26)(H,24,27). The van der Waals surface area contributed by atoms with Crippen LogP contribution in [0.3, 0.4) is 0 Å². The molecule has 0 saturated carbocycles. The minimum absolute atomic E-state index is 0.0673. The van der Waals surface area contributed by atoms with E-state index in [1.165, 1.54) is 0 Å². The van der Waals surface area contributed by atoms with Gasteiger partial charge in [0.2, 0.25) is 11.8 Å². The highest BCUT2D eigenvalue weighted by molar-refractivity contribution is 5.81. The molecule has 0 aliphatic heterocycles. The molecule has 0 aliphatic rings. The lowest BCUT2D eigenvalue weighted by Crippen LogP contribution is -2.44. The van der Waals surface area contributed by atoms with Crippen LogP contribution in [-0.2, 0) is 9.59 Å². The largest absolute Gasteiger partial charge is 0.353 e. The molecule has 2 aromatic rings. The van der Waals surface area contributed by atoms with Gasteiger partial charge in [0.15, 0.2) is 0 Å². The molecule has 0 aromatic heterocycles. The fourth-order valence-electron chi connectivity index (χ4n) is 2.91. The average molecular weight is 367 g/mol. The van der Waals surface area contributed by atoms with Gasteiger partial charge in [0, 0.05) is 6.04 Å². The lowest BCUT2D eigenvalue weighted by atomic mass is 9.99. The zero-order valence-electron chi connectivity index (χ0n) is 16.3. The molecule has 2 amide bonds. The Morgan fingerprint density at radius 2 is 1.26 bits per heavy atom. The van der Waals surface area contributed by atoms with Crippen LogP contribution in [0.1, 0.15) is 37.9 Å². The van der Waals surface area contributed by atoms with Crippen molar-refractivity contribution in [2.75, 3.05) is 19.6 Å². The second-order valence-electron chi connectivity index (χ2n) is 6.85. The topological polar surface area (TPSA) is 61.4 Å². The summed E-state index contributed by atoms with van der Waals surface area (Å²) in [5.41, 5.74) is 2.05. The van der Waals surface area contributed by atoms with Gasteiger partial charge >= 0.3 is 0 Å². The minimum atomic E-state index is -0.219. The molecule has 0 saturated heterocycles. The van der Waals surface area contributed by atoms with Gasteiger partial charge in [-0.2, -0.15) is 0 Å². The van der Waals surface area contributed by atoms with Crippen LogP contribution in [-0.4, -0.2) is 42.4 Å². The molecule has 0 atom stereocenters. The normalized spacial score (nSPS) is 11.0. The highest BCUT2D eigenvalue weighted by atomic mass is 16.2. The summed E-state index contributed by atoms with van der Waals surface area (Å²) in [6, 6.07) is 19.7. The van der Waals surface area contributed by atoms with Gasteiger partial charge in [0.1, 0.15) is 0 Å². The molecule has 2 aromatic carbocycles. The van der Waals surface area contributed by atoms with Crippen LogP contribution in [0.4, 0.5) is 0 Å². The number of hydrogen-bond donors (Lipinski definition) is 2. The van der Waals surface area contributed by atoms with Crippen molar-refractivity contribution < 1.29 is 9.59 Å². The van der Waals surface area contributed by atoms with Crippen LogP contribution < -0.4 is 10.6 Å². The predicted octanol–water partition coefficient (Wildman–Crippen LogP) is 2.74. The van der Waals surface area contributed by atoms with E-state index in [1.807, 2.05) is 86.3 Å². The van der Waals surface area contributed by atoms with E-state index in [1.54, 1.807) is 0 Å². The average Bonchev–Trinajstić information content (AvgIpc) is 2.66. The van der Waals surface area contributed by atoms with Gasteiger partial charge in [-0.3, -0.25) is 14.5 Å². The number of rotatable bonds is 9. The Labute approximate surface area is 161 Å². The second kappa shape index (κ2) is 10.5. The molecule has 0 spiro atoms. The van der Waals surface area contributed by atoms with Crippen LogP contribution in [0.25, 0.3) is 0 Å². The van der Waals surface area contributed by atoms with Gasteiger partial charge in [-0.15, -0.1) is 0 Å². The SMILES string of the molecule is CCN(CC(=O)NC(C)C)CC(=O)NC(c1ccccc1)c1ccccc1. The first-order chi connectivity index (χ1) is 13.0. The quantitative estimate of drug-likeness (QED) is 0.716. The number of nitrogens with zero attached hydrogens (tertiary/aromatic N) is 1. The van der Waals surface area contributed by atoms with Crippen LogP contribution >= 0.6 is 0 Å². The zero-order valence-corrected chi connectivity index (χ0v) is 16.3. The molecule has 0 aliphatic carbocycles. The van der Waals surface area contributed by atoms with Crippen molar-refractivity contribution >= 4 is 11.8 Å². The number of hydrogen-bond acceptors (Lipinski definition) is 3. The maximum atomic E-state index is 12.7. The van der Waals surface area contributed by atoms with Crippen LogP contribution in [0.2, 0.25) is 0 Å². The first-order valence-corrected chi connectivity index (χ1v) is 9.40. The number of nitrogens with one attached hydrogen (secondary N) is 2. The van der Waals surface area contributed by atoms with Crippen LogP contribution in [0.15, 0.2) is 60.7 Å². The van der Waals surface area contributed by atoms with Crippen LogP contribution in [0, 0.1) is 0 Å². The first-order valence-electron chi connectivity index (χ1n) is 9.40. The number of likely N-dealkylation sites (N-methyl/N-ethyl adjacent to an activating group) is 1. The molecule has 5 heteroatoms. The molecule has 0 bridgehead atoms. The van der Waals surface area contributed by atoms with Crippen molar-refractivity contribution in [3.05, 3.63) is 71.8 Å². The summed E-state index contributed by atoms with van der Waals surface area (Å²) in [7, 11) is 0. The first kappa shape index (κ1) is 20.6. The maximum absolute atomic E-state index is 12.7. The highest BCUT2D eigenvalue weighted by Crippen LogP contribution is 2.21. The maximum Gasteiger partial charge on any atom is 0.234 e. The lowest BCUT2D eigenvalue weighted by Gasteiger charge is -2.24. The van der Waals surface area contributed by atoms with Crippen molar-refractivity contribution in [3.63, 3.8) is 0 Å². The number of amides is 2. The van der Waals surface area contributed by atoms with E-state index in [0.29, 0.717) is 6.54 Å². The highest BCUT2D eigenvalue weighted by Gasteiger charge is 2.19. The van der Waals surface area contributed by atoms with Crippen molar-refractivity contribution in [2.45, 2.75) is 32.9 Å². The van der Waals surface area contributed by atoms with E-state index >= 15 is 0 Å². The van der Waals surface area contributed by atoms with Crippen molar-refractivity contribution in [3.8, 4) is 0 Å². The predicted molar refractivity (Wildman–Crippen MR) is 108 cm³/mol. The Kier molecular flexibility index (Phi) is 8.01. The monoisotopic (exact) mass is 367 g/mol. The number of carbonyl (C=O) groups is 2. The summed E-state index contributed by atoms with van der Waals surface area (Å²) >= 11 is 0. The molecule has 2 N–H and O–H groups in total. The molecular formula is C22H29N3O2. The van der Waals surface area contributed by atoms with E-state index in [4.69, 9.17) is 0 Å². The van der Waals surface area contributed by atoms with E-state index in [2.05, 4.69) is 10.6 Å². The van der Waals surface area contributed by atoms with Crippen LogP contribution in [0.5, 0.6) is 0 Å². The summed E-state index contributed by atoms with van der Waals surface area (Å²) in [5, 5.41) is 5.98. The van der Waals surface area contributed by atoms with E-state index in [0.717, 1.165) is 11.1 Å². The van der Waals surface area contributed by atoms with Crippen molar-refractivity contribution in [1.82, 2.24) is 15.5 Å². The molecule has 0 fully saturated rings. The van der Waals surface area contributed by atoms with Gasteiger partial charge in [0.25, 0.3) is 0 Å². The molecular weight excluding hydrogens is 338 g/mol. The summed E-state index contributed by atoms with van der Waals surface area (Å²) in [6.07, 6.45) is 0. The van der Waals surface area contributed by atoms with Gasteiger partial charge in [-0.25, -0.2) is 0 Å². The number of benzene rings is 2. The minimum Gasteiger partial charge on any atom is -0.353 e. The third-order valence-corrected chi connectivity index (χ3v) is 4.20. The van der Waals surface area contributed by atoms with Gasteiger partial charge in [-0.1, -0.05) is 67.6 Å². The van der Waals surface area contributed by atoms with Crippen molar-refractivity contribution in [1.29, 1.82) is 0 Å². The smallest absolute Gasteiger partial charge is 0.234 e. The summed E-state index contributed by atoms with van der Waals surface area (Å²) < 4.78 is 0.